The molecule has 0 saturated carbocycles. The summed E-state index contributed by atoms with van der Waals surface area (Å²) >= 11 is 0. The van der Waals surface area contributed by atoms with E-state index in [2.05, 4.69) is 15.3 Å². The second kappa shape index (κ2) is 6.70. The van der Waals surface area contributed by atoms with Crippen LogP contribution in [0.15, 0.2) is 66.9 Å². The van der Waals surface area contributed by atoms with Gasteiger partial charge in [0, 0.05) is 5.69 Å². The van der Waals surface area contributed by atoms with Crippen LogP contribution in [0.5, 0.6) is 11.6 Å². The first-order chi connectivity index (χ1) is 11.2. The molecular weight excluding hydrogens is 290 g/mol. The zero-order valence-electron chi connectivity index (χ0n) is 12.6. The maximum atomic E-state index is 12.4. The summed E-state index contributed by atoms with van der Waals surface area (Å²) < 4.78 is 5.62. The quantitative estimate of drug-likeness (QED) is 0.795. The van der Waals surface area contributed by atoms with Crippen molar-refractivity contribution in [3.8, 4) is 11.6 Å². The number of hydrogen-bond acceptors (Lipinski definition) is 4. The van der Waals surface area contributed by atoms with Gasteiger partial charge >= 0.3 is 0 Å². The number of aromatic nitrogens is 2. The van der Waals surface area contributed by atoms with E-state index < -0.39 is 0 Å². The molecule has 3 aromatic rings. The SMILES string of the molecule is Cc1ncc(Oc2ccccc2)nc1C(=O)Nc1ccccc1. The predicted octanol–water partition coefficient (Wildman–Crippen LogP) is 3.83. The minimum Gasteiger partial charge on any atom is -0.437 e. The molecule has 0 aliphatic carbocycles. The van der Waals surface area contributed by atoms with Crippen molar-refractivity contribution in [1.82, 2.24) is 9.97 Å². The third kappa shape index (κ3) is 3.71. The van der Waals surface area contributed by atoms with E-state index in [1.165, 1.54) is 6.20 Å². The summed E-state index contributed by atoms with van der Waals surface area (Å²) in [5.74, 6) is 0.597. The summed E-state index contributed by atoms with van der Waals surface area (Å²) in [6.45, 7) is 1.74. The number of rotatable bonds is 4. The Balaban J connectivity index is 1.81. The molecule has 0 aliphatic rings. The van der Waals surface area contributed by atoms with Crippen LogP contribution in [0.3, 0.4) is 0 Å². The molecule has 5 heteroatoms. The maximum Gasteiger partial charge on any atom is 0.276 e. The molecule has 0 fully saturated rings. The lowest BCUT2D eigenvalue weighted by Gasteiger charge is -2.09. The van der Waals surface area contributed by atoms with E-state index >= 15 is 0 Å². The van der Waals surface area contributed by atoms with Crippen LogP contribution in [0.4, 0.5) is 5.69 Å². The second-order valence-electron chi connectivity index (χ2n) is 4.88. The lowest BCUT2D eigenvalue weighted by molar-refractivity contribution is 0.102. The van der Waals surface area contributed by atoms with E-state index in [4.69, 9.17) is 4.74 Å². The molecule has 3 rings (SSSR count). The number of benzene rings is 2. The molecule has 0 aliphatic heterocycles. The van der Waals surface area contributed by atoms with E-state index in [1.807, 2.05) is 60.7 Å². The van der Waals surface area contributed by atoms with Gasteiger partial charge in [-0.25, -0.2) is 4.98 Å². The molecule has 1 N–H and O–H groups in total. The van der Waals surface area contributed by atoms with E-state index in [9.17, 15) is 4.79 Å². The van der Waals surface area contributed by atoms with Gasteiger partial charge in [0.25, 0.3) is 5.91 Å². The minimum atomic E-state index is -0.320. The van der Waals surface area contributed by atoms with Gasteiger partial charge in [-0.3, -0.25) is 9.78 Å². The number of ether oxygens (including phenoxy) is 1. The highest BCUT2D eigenvalue weighted by Gasteiger charge is 2.14. The standard InChI is InChI=1S/C18H15N3O2/c1-13-17(18(22)20-14-8-4-2-5-9-14)21-16(12-19-13)23-15-10-6-3-7-11-15/h2-12H,1H3,(H,20,22). The monoisotopic (exact) mass is 305 g/mol. The smallest absolute Gasteiger partial charge is 0.276 e. The Kier molecular flexibility index (Phi) is 4.29. The molecule has 23 heavy (non-hydrogen) atoms. The molecule has 1 amide bonds. The zero-order chi connectivity index (χ0) is 16.1. The largest absolute Gasteiger partial charge is 0.437 e. The van der Waals surface area contributed by atoms with Crippen LogP contribution >= 0.6 is 0 Å². The van der Waals surface area contributed by atoms with E-state index in [1.54, 1.807) is 6.92 Å². The Labute approximate surface area is 134 Å². The van der Waals surface area contributed by atoms with Crippen LogP contribution in [0.2, 0.25) is 0 Å². The van der Waals surface area contributed by atoms with Crippen molar-refractivity contribution in [1.29, 1.82) is 0 Å². The number of nitrogens with one attached hydrogen (secondary N) is 1. The molecule has 2 aromatic carbocycles. The van der Waals surface area contributed by atoms with Crippen molar-refractivity contribution in [2.45, 2.75) is 6.92 Å². The van der Waals surface area contributed by atoms with Crippen molar-refractivity contribution in [2.24, 2.45) is 0 Å². The Morgan fingerprint density at radius 2 is 1.65 bits per heavy atom. The number of anilines is 1. The van der Waals surface area contributed by atoms with Gasteiger partial charge in [0.15, 0.2) is 5.69 Å². The predicted molar refractivity (Wildman–Crippen MR) is 87.7 cm³/mol. The van der Waals surface area contributed by atoms with Gasteiger partial charge in [0.2, 0.25) is 5.88 Å². The average molecular weight is 305 g/mol. The first-order valence-corrected chi connectivity index (χ1v) is 7.15. The van der Waals surface area contributed by atoms with Crippen LogP contribution in [-0.2, 0) is 0 Å². The van der Waals surface area contributed by atoms with Crippen LogP contribution in [0.1, 0.15) is 16.2 Å². The molecule has 0 saturated heterocycles. The number of carbonyl (C=O) groups excluding carboxylic acids is 1. The average Bonchev–Trinajstić information content (AvgIpc) is 2.58. The molecule has 0 bridgehead atoms. The Hall–Kier alpha value is -3.21. The van der Waals surface area contributed by atoms with Crippen LogP contribution in [0, 0.1) is 6.92 Å². The Bertz CT molecular complexity index is 805. The highest BCUT2D eigenvalue weighted by molar-refractivity contribution is 6.03. The molecule has 5 nitrogen and oxygen atoms in total. The summed E-state index contributed by atoms with van der Waals surface area (Å²) in [6.07, 6.45) is 1.50. The van der Waals surface area contributed by atoms with Crippen molar-refractivity contribution in [2.75, 3.05) is 5.32 Å². The van der Waals surface area contributed by atoms with Crippen LogP contribution < -0.4 is 10.1 Å². The first kappa shape index (κ1) is 14.7. The Morgan fingerprint density at radius 3 is 2.35 bits per heavy atom. The maximum absolute atomic E-state index is 12.4. The van der Waals surface area contributed by atoms with Crippen molar-refractivity contribution in [3.05, 3.63) is 78.2 Å². The van der Waals surface area contributed by atoms with Gasteiger partial charge in [-0.1, -0.05) is 36.4 Å². The van der Waals surface area contributed by atoms with Crippen molar-refractivity contribution >= 4 is 11.6 Å². The number of para-hydroxylation sites is 2. The number of carbonyl (C=O) groups is 1. The molecule has 0 radical (unpaired) electrons. The number of hydrogen-bond donors (Lipinski definition) is 1. The summed E-state index contributed by atoms with van der Waals surface area (Å²) in [5, 5.41) is 2.79. The number of aryl methyl sites for hydroxylation is 1. The summed E-state index contributed by atoms with van der Waals surface area (Å²) in [4.78, 5) is 20.8. The highest BCUT2D eigenvalue weighted by Crippen LogP contribution is 2.19. The van der Waals surface area contributed by atoms with E-state index in [-0.39, 0.29) is 17.5 Å². The fourth-order valence-electron chi connectivity index (χ4n) is 2.02. The zero-order valence-corrected chi connectivity index (χ0v) is 12.6. The topological polar surface area (TPSA) is 64.1 Å². The molecular formula is C18H15N3O2. The van der Waals surface area contributed by atoms with Gasteiger partial charge in [-0.15, -0.1) is 0 Å². The lowest BCUT2D eigenvalue weighted by Crippen LogP contribution is -2.16. The normalized spacial score (nSPS) is 10.1. The van der Waals surface area contributed by atoms with E-state index in [0.717, 1.165) is 0 Å². The van der Waals surface area contributed by atoms with Crippen LogP contribution in [-0.4, -0.2) is 15.9 Å². The third-order valence-electron chi connectivity index (χ3n) is 3.15. The summed E-state index contributed by atoms with van der Waals surface area (Å²) in [7, 11) is 0. The van der Waals surface area contributed by atoms with Crippen molar-refractivity contribution in [3.63, 3.8) is 0 Å². The van der Waals surface area contributed by atoms with Gasteiger partial charge in [-0.2, -0.15) is 0 Å². The molecule has 114 valence electrons. The highest BCUT2D eigenvalue weighted by atomic mass is 16.5. The molecule has 1 aromatic heterocycles. The molecule has 1 heterocycles. The van der Waals surface area contributed by atoms with Gasteiger partial charge in [0.05, 0.1) is 11.9 Å². The first-order valence-electron chi connectivity index (χ1n) is 7.15. The summed E-state index contributed by atoms with van der Waals surface area (Å²) in [6, 6.07) is 18.4. The van der Waals surface area contributed by atoms with Gasteiger partial charge in [0.1, 0.15) is 5.75 Å². The second-order valence-corrected chi connectivity index (χ2v) is 4.88. The van der Waals surface area contributed by atoms with Gasteiger partial charge in [-0.05, 0) is 31.2 Å². The lowest BCUT2D eigenvalue weighted by atomic mass is 10.2. The van der Waals surface area contributed by atoms with E-state index in [0.29, 0.717) is 17.1 Å². The van der Waals surface area contributed by atoms with Crippen LogP contribution in [0.25, 0.3) is 0 Å². The molecule has 0 spiro atoms. The molecule has 0 atom stereocenters. The fraction of sp³-hybridized carbons (Fsp3) is 0.0556. The molecule has 0 unspecified atom stereocenters. The Morgan fingerprint density at radius 1 is 1.00 bits per heavy atom. The van der Waals surface area contributed by atoms with Gasteiger partial charge < -0.3 is 10.1 Å². The number of nitrogens with zero attached hydrogens (tertiary/aromatic N) is 2. The fourth-order valence-corrected chi connectivity index (χ4v) is 2.02. The third-order valence-corrected chi connectivity index (χ3v) is 3.15. The minimum absolute atomic E-state index is 0.238. The number of amides is 1. The van der Waals surface area contributed by atoms with Crippen molar-refractivity contribution < 1.29 is 9.53 Å². The summed E-state index contributed by atoms with van der Waals surface area (Å²) in [5.41, 5.74) is 1.48.